The summed E-state index contributed by atoms with van der Waals surface area (Å²) in [4.78, 5) is 31.3. The third kappa shape index (κ3) is 3.66. The molecule has 1 aliphatic heterocycles. The molecule has 0 aliphatic carbocycles. The normalized spacial score (nSPS) is 14.8. The first-order valence-electron chi connectivity index (χ1n) is 9.23. The summed E-state index contributed by atoms with van der Waals surface area (Å²) >= 11 is 0. The van der Waals surface area contributed by atoms with Crippen molar-refractivity contribution in [3.05, 3.63) is 60.4 Å². The lowest BCUT2D eigenvalue weighted by atomic mass is 9.95. The Bertz CT molecular complexity index is 971. The van der Waals surface area contributed by atoms with Crippen LogP contribution in [-0.4, -0.2) is 44.5 Å². The maximum atomic E-state index is 13.0. The lowest BCUT2D eigenvalue weighted by Crippen LogP contribution is -2.42. The van der Waals surface area contributed by atoms with Crippen LogP contribution in [0.3, 0.4) is 0 Å². The van der Waals surface area contributed by atoms with E-state index in [0.717, 1.165) is 5.69 Å². The Morgan fingerprint density at radius 2 is 1.93 bits per heavy atom. The van der Waals surface area contributed by atoms with Gasteiger partial charge in [0.1, 0.15) is 11.5 Å². The second-order valence-electron chi connectivity index (χ2n) is 6.86. The van der Waals surface area contributed by atoms with Gasteiger partial charge in [-0.15, -0.1) is 0 Å². The number of benzene rings is 1. The number of amides is 2. The molecular formula is C20H21N5O3. The van der Waals surface area contributed by atoms with Gasteiger partial charge in [-0.1, -0.05) is 23.4 Å². The van der Waals surface area contributed by atoms with Crippen LogP contribution in [0.1, 0.15) is 29.1 Å². The van der Waals surface area contributed by atoms with Crippen LogP contribution in [0.4, 0.5) is 5.82 Å². The average Bonchev–Trinajstić information content (AvgIpc) is 3.37. The number of nitrogens with zero attached hydrogens (tertiary/aromatic N) is 4. The van der Waals surface area contributed by atoms with Crippen LogP contribution in [0.5, 0.6) is 0 Å². The van der Waals surface area contributed by atoms with E-state index in [1.807, 2.05) is 30.3 Å². The van der Waals surface area contributed by atoms with Gasteiger partial charge in [0.2, 0.25) is 5.91 Å². The molecule has 1 aromatic carbocycles. The highest BCUT2D eigenvalue weighted by atomic mass is 16.5. The molecule has 3 heterocycles. The van der Waals surface area contributed by atoms with E-state index < -0.39 is 0 Å². The van der Waals surface area contributed by atoms with Crippen molar-refractivity contribution >= 4 is 17.6 Å². The highest BCUT2D eigenvalue weighted by Gasteiger charge is 2.29. The standard InChI is InChI=1S/C20H21N5O3/c1-14-11-18(23-28-14)22-19(26)15-7-9-24(10-8-15)20(27)17-12-21-13-25(17)16-5-3-2-4-6-16/h2-6,11-13,15H,7-10H2,1H3,(H,22,23,26). The third-order valence-electron chi connectivity index (χ3n) is 4.92. The fourth-order valence-corrected chi connectivity index (χ4v) is 3.41. The third-order valence-corrected chi connectivity index (χ3v) is 4.92. The van der Waals surface area contributed by atoms with Gasteiger partial charge in [-0.3, -0.25) is 14.2 Å². The van der Waals surface area contributed by atoms with Gasteiger partial charge >= 0.3 is 0 Å². The number of nitrogens with one attached hydrogen (secondary N) is 1. The second-order valence-corrected chi connectivity index (χ2v) is 6.86. The molecule has 144 valence electrons. The number of likely N-dealkylation sites (tertiary alicyclic amines) is 1. The average molecular weight is 379 g/mol. The quantitative estimate of drug-likeness (QED) is 0.752. The SMILES string of the molecule is Cc1cc(NC(=O)C2CCN(C(=O)c3cncn3-c3ccccc3)CC2)no1. The van der Waals surface area contributed by atoms with E-state index in [1.54, 1.807) is 35.0 Å². The van der Waals surface area contributed by atoms with Gasteiger partial charge in [-0.05, 0) is 31.9 Å². The van der Waals surface area contributed by atoms with Crippen molar-refractivity contribution in [2.24, 2.45) is 5.92 Å². The summed E-state index contributed by atoms with van der Waals surface area (Å²) in [5, 5.41) is 6.56. The van der Waals surface area contributed by atoms with E-state index in [1.165, 1.54) is 0 Å². The van der Waals surface area contributed by atoms with Crippen LogP contribution in [-0.2, 0) is 4.79 Å². The van der Waals surface area contributed by atoms with E-state index in [9.17, 15) is 9.59 Å². The predicted molar refractivity (Wildman–Crippen MR) is 102 cm³/mol. The Hall–Kier alpha value is -3.42. The number of carbonyl (C=O) groups is 2. The summed E-state index contributed by atoms with van der Waals surface area (Å²) in [5.41, 5.74) is 1.41. The minimum atomic E-state index is -0.153. The molecule has 0 atom stereocenters. The summed E-state index contributed by atoms with van der Waals surface area (Å²) < 4.78 is 6.75. The number of piperidine rings is 1. The van der Waals surface area contributed by atoms with Crippen molar-refractivity contribution in [1.82, 2.24) is 19.6 Å². The summed E-state index contributed by atoms with van der Waals surface area (Å²) in [5.74, 6) is 0.751. The molecule has 1 saturated heterocycles. The lowest BCUT2D eigenvalue weighted by molar-refractivity contribution is -0.121. The molecule has 3 aromatic rings. The van der Waals surface area contributed by atoms with Gasteiger partial charge in [-0.25, -0.2) is 4.98 Å². The van der Waals surface area contributed by atoms with Crippen LogP contribution >= 0.6 is 0 Å². The van der Waals surface area contributed by atoms with Gasteiger partial charge < -0.3 is 14.7 Å². The first-order chi connectivity index (χ1) is 13.6. The Kier molecular flexibility index (Phi) is 4.92. The Balaban J connectivity index is 1.38. The molecule has 1 N–H and O–H groups in total. The van der Waals surface area contributed by atoms with E-state index in [2.05, 4.69) is 15.5 Å². The van der Waals surface area contributed by atoms with Crippen molar-refractivity contribution in [3.63, 3.8) is 0 Å². The largest absolute Gasteiger partial charge is 0.360 e. The zero-order valence-corrected chi connectivity index (χ0v) is 15.5. The Morgan fingerprint density at radius 3 is 2.61 bits per heavy atom. The second kappa shape index (κ2) is 7.67. The summed E-state index contributed by atoms with van der Waals surface area (Å²) in [6, 6.07) is 11.3. The summed E-state index contributed by atoms with van der Waals surface area (Å²) in [7, 11) is 0. The van der Waals surface area contributed by atoms with Crippen LogP contribution < -0.4 is 5.32 Å². The van der Waals surface area contributed by atoms with Crippen LogP contribution in [0.2, 0.25) is 0 Å². The summed E-state index contributed by atoms with van der Waals surface area (Å²) in [6.07, 6.45) is 4.44. The number of imidazole rings is 1. The zero-order valence-electron chi connectivity index (χ0n) is 15.5. The maximum absolute atomic E-state index is 13.0. The van der Waals surface area contributed by atoms with Crippen LogP contribution in [0, 0.1) is 12.8 Å². The first kappa shape index (κ1) is 18.0. The molecule has 0 bridgehead atoms. The van der Waals surface area contributed by atoms with E-state index in [0.29, 0.717) is 43.2 Å². The monoisotopic (exact) mass is 379 g/mol. The number of para-hydroxylation sites is 1. The minimum Gasteiger partial charge on any atom is -0.360 e. The highest BCUT2D eigenvalue weighted by molar-refractivity contribution is 5.94. The number of aromatic nitrogens is 3. The fourth-order valence-electron chi connectivity index (χ4n) is 3.41. The Morgan fingerprint density at radius 1 is 1.18 bits per heavy atom. The minimum absolute atomic E-state index is 0.0765. The molecule has 1 aliphatic rings. The van der Waals surface area contributed by atoms with Gasteiger partial charge in [0.05, 0.1) is 12.5 Å². The van der Waals surface area contributed by atoms with Crippen molar-refractivity contribution in [3.8, 4) is 5.69 Å². The molecule has 2 amide bonds. The molecule has 1 fully saturated rings. The van der Waals surface area contributed by atoms with Crippen molar-refractivity contribution in [2.75, 3.05) is 18.4 Å². The summed E-state index contributed by atoms with van der Waals surface area (Å²) in [6.45, 7) is 2.82. The highest BCUT2D eigenvalue weighted by Crippen LogP contribution is 2.22. The fraction of sp³-hybridized carbons (Fsp3) is 0.300. The number of hydrogen-bond acceptors (Lipinski definition) is 5. The molecule has 4 rings (SSSR count). The van der Waals surface area contributed by atoms with E-state index >= 15 is 0 Å². The molecule has 0 spiro atoms. The Labute approximate surface area is 162 Å². The predicted octanol–water partition coefficient (Wildman–Crippen LogP) is 2.66. The zero-order chi connectivity index (χ0) is 19.5. The first-order valence-corrected chi connectivity index (χ1v) is 9.23. The molecule has 0 unspecified atom stereocenters. The van der Waals surface area contributed by atoms with Crippen molar-refractivity contribution in [2.45, 2.75) is 19.8 Å². The molecule has 8 nitrogen and oxygen atoms in total. The number of anilines is 1. The maximum Gasteiger partial charge on any atom is 0.272 e. The van der Waals surface area contributed by atoms with Gasteiger partial charge in [0, 0.05) is 30.8 Å². The van der Waals surface area contributed by atoms with E-state index in [4.69, 9.17) is 4.52 Å². The molecule has 0 saturated carbocycles. The number of hydrogen-bond donors (Lipinski definition) is 1. The van der Waals surface area contributed by atoms with Gasteiger partial charge in [0.25, 0.3) is 5.91 Å². The number of rotatable bonds is 4. The molecule has 28 heavy (non-hydrogen) atoms. The van der Waals surface area contributed by atoms with Gasteiger partial charge in [-0.2, -0.15) is 0 Å². The van der Waals surface area contributed by atoms with Crippen molar-refractivity contribution in [1.29, 1.82) is 0 Å². The molecule has 2 aromatic heterocycles. The smallest absolute Gasteiger partial charge is 0.272 e. The van der Waals surface area contributed by atoms with Crippen LogP contribution in [0.15, 0.2) is 53.4 Å². The molecule has 0 radical (unpaired) electrons. The topological polar surface area (TPSA) is 93.3 Å². The number of carbonyl (C=O) groups excluding carboxylic acids is 2. The number of aryl methyl sites for hydroxylation is 1. The van der Waals surface area contributed by atoms with E-state index in [-0.39, 0.29) is 17.7 Å². The van der Waals surface area contributed by atoms with Crippen molar-refractivity contribution < 1.29 is 14.1 Å². The van der Waals surface area contributed by atoms with Gasteiger partial charge in [0.15, 0.2) is 5.82 Å². The lowest BCUT2D eigenvalue weighted by Gasteiger charge is -2.31. The molecule has 8 heteroatoms. The van der Waals surface area contributed by atoms with Crippen LogP contribution in [0.25, 0.3) is 5.69 Å². The molecular weight excluding hydrogens is 358 g/mol.